The molecule has 0 spiro atoms. The number of ether oxygens (including phenoxy) is 1. The van der Waals surface area contributed by atoms with Crippen molar-refractivity contribution >= 4 is 17.6 Å². The van der Waals surface area contributed by atoms with E-state index >= 15 is 0 Å². The molecular formula is C11H9ClO3. The largest absolute Gasteiger partial charge is 0.493 e. The zero-order valence-corrected chi connectivity index (χ0v) is 8.62. The van der Waals surface area contributed by atoms with Crippen molar-refractivity contribution in [1.29, 1.82) is 0 Å². The molecule has 0 heterocycles. The highest BCUT2D eigenvalue weighted by Crippen LogP contribution is 2.22. The molecule has 0 aliphatic carbocycles. The van der Waals surface area contributed by atoms with Gasteiger partial charge in [0.25, 0.3) is 0 Å². The first-order valence-electron chi connectivity index (χ1n) is 4.24. The summed E-state index contributed by atoms with van der Waals surface area (Å²) in [6, 6.07) is 4.41. The average molecular weight is 225 g/mol. The maximum absolute atomic E-state index is 10.6. The minimum atomic E-state index is -1.06. The van der Waals surface area contributed by atoms with Gasteiger partial charge in [-0.3, -0.25) is 0 Å². The van der Waals surface area contributed by atoms with Crippen LogP contribution in [-0.4, -0.2) is 17.7 Å². The molecule has 78 valence electrons. The van der Waals surface area contributed by atoms with Crippen LogP contribution in [0.2, 0.25) is 5.02 Å². The third-order valence-corrected chi connectivity index (χ3v) is 2.00. The molecule has 0 fully saturated rings. The van der Waals surface area contributed by atoms with Crippen molar-refractivity contribution in [2.45, 2.75) is 6.42 Å². The van der Waals surface area contributed by atoms with Crippen molar-refractivity contribution < 1.29 is 14.6 Å². The molecule has 15 heavy (non-hydrogen) atoms. The second-order valence-corrected chi connectivity index (χ2v) is 3.16. The lowest BCUT2D eigenvalue weighted by Crippen LogP contribution is -1.99. The van der Waals surface area contributed by atoms with Gasteiger partial charge in [-0.25, -0.2) is 4.79 Å². The minimum absolute atomic E-state index is 0.0565. The summed E-state index contributed by atoms with van der Waals surface area (Å²) in [5.74, 6) is 1.88. The Labute approximate surface area is 92.6 Å². The third-order valence-electron chi connectivity index (χ3n) is 1.69. The van der Waals surface area contributed by atoms with Crippen LogP contribution in [0.1, 0.15) is 16.8 Å². The zero-order valence-electron chi connectivity index (χ0n) is 7.87. The van der Waals surface area contributed by atoms with Crippen LogP contribution in [-0.2, 0) is 0 Å². The smallest absolute Gasteiger partial charge is 0.337 e. The Morgan fingerprint density at radius 1 is 1.60 bits per heavy atom. The van der Waals surface area contributed by atoms with E-state index in [0.717, 1.165) is 0 Å². The minimum Gasteiger partial charge on any atom is -0.493 e. The Morgan fingerprint density at radius 2 is 2.33 bits per heavy atom. The van der Waals surface area contributed by atoms with Gasteiger partial charge < -0.3 is 9.84 Å². The van der Waals surface area contributed by atoms with Crippen molar-refractivity contribution in [2.24, 2.45) is 0 Å². The lowest BCUT2D eigenvalue weighted by molar-refractivity contribution is 0.0697. The van der Waals surface area contributed by atoms with Gasteiger partial charge in [0.2, 0.25) is 0 Å². The zero-order chi connectivity index (χ0) is 11.3. The van der Waals surface area contributed by atoms with Gasteiger partial charge in [0, 0.05) is 6.42 Å². The quantitative estimate of drug-likeness (QED) is 0.631. The van der Waals surface area contributed by atoms with Crippen molar-refractivity contribution in [3.63, 3.8) is 0 Å². The second-order valence-electron chi connectivity index (χ2n) is 2.75. The number of terminal acetylenes is 1. The van der Waals surface area contributed by atoms with Crippen LogP contribution in [0.5, 0.6) is 5.75 Å². The van der Waals surface area contributed by atoms with Crippen LogP contribution in [0.15, 0.2) is 18.2 Å². The molecule has 0 radical (unpaired) electrons. The topological polar surface area (TPSA) is 46.5 Å². The molecule has 0 aliphatic heterocycles. The van der Waals surface area contributed by atoms with Crippen LogP contribution >= 0.6 is 11.6 Å². The second kappa shape index (κ2) is 5.28. The molecule has 1 rings (SSSR count). The summed E-state index contributed by atoms with van der Waals surface area (Å²) in [7, 11) is 0. The van der Waals surface area contributed by atoms with Gasteiger partial charge >= 0.3 is 5.97 Å². The molecule has 0 unspecified atom stereocenters. The molecule has 0 saturated carbocycles. The van der Waals surface area contributed by atoms with Gasteiger partial charge in [0.15, 0.2) is 0 Å². The lowest BCUT2D eigenvalue weighted by atomic mass is 10.2. The van der Waals surface area contributed by atoms with E-state index in [1.54, 1.807) is 6.07 Å². The van der Waals surface area contributed by atoms with Crippen molar-refractivity contribution in [3.8, 4) is 18.1 Å². The SMILES string of the molecule is C#CCCOc1ccc(C(=O)O)c(Cl)c1. The van der Waals surface area contributed by atoms with Crippen molar-refractivity contribution in [2.75, 3.05) is 6.61 Å². The fourth-order valence-corrected chi connectivity index (χ4v) is 1.24. The predicted molar refractivity (Wildman–Crippen MR) is 57.4 cm³/mol. The van der Waals surface area contributed by atoms with Gasteiger partial charge in [-0.2, -0.15) is 0 Å². The lowest BCUT2D eigenvalue weighted by Gasteiger charge is -2.05. The summed E-state index contributed by atoms with van der Waals surface area (Å²) in [5, 5.41) is 8.87. The normalized spacial score (nSPS) is 9.33. The first-order chi connectivity index (χ1) is 7.15. The van der Waals surface area contributed by atoms with Crippen LogP contribution in [0.4, 0.5) is 0 Å². The Bertz CT molecular complexity index is 407. The highest BCUT2D eigenvalue weighted by atomic mass is 35.5. The molecule has 0 aromatic heterocycles. The molecule has 0 atom stereocenters. The number of carbonyl (C=O) groups is 1. The molecule has 1 N–H and O–H groups in total. The highest BCUT2D eigenvalue weighted by molar-refractivity contribution is 6.33. The molecule has 4 heteroatoms. The van der Waals surface area contributed by atoms with E-state index < -0.39 is 5.97 Å². The van der Waals surface area contributed by atoms with E-state index in [1.807, 2.05) is 0 Å². The van der Waals surface area contributed by atoms with Crippen LogP contribution in [0.3, 0.4) is 0 Å². The molecule has 3 nitrogen and oxygen atoms in total. The molecule has 1 aromatic rings. The molecule has 0 amide bonds. The Kier molecular flexibility index (Phi) is 4.02. The average Bonchev–Trinajstić information content (AvgIpc) is 2.17. The van der Waals surface area contributed by atoms with Crippen LogP contribution < -0.4 is 4.74 Å². The number of carboxylic acids is 1. The van der Waals surface area contributed by atoms with Crippen molar-refractivity contribution in [1.82, 2.24) is 0 Å². The van der Waals surface area contributed by atoms with E-state index in [-0.39, 0.29) is 10.6 Å². The Morgan fingerprint density at radius 3 is 2.87 bits per heavy atom. The number of hydrogen-bond acceptors (Lipinski definition) is 2. The molecule has 0 aliphatic rings. The maximum Gasteiger partial charge on any atom is 0.337 e. The Hall–Kier alpha value is -1.66. The van der Waals surface area contributed by atoms with Gasteiger partial charge in [-0.05, 0) is 18.2 Å². The molecule has 0 bridgehead atoms. The number of hydrogen-bond donors (Lipinski definition) is 1. The first-order valence-corrected chi connectivity index (χ1v) is 4.62. The fraction of sp³-hybridized carbons (Fsp3) is 0.182. The fourth-order valence-electron chi connectivity index (χ4n) is 0.987. The van der Waals surface area contributed by atoms with E-state index in [9.17, 15) is 4.79 Å². The van der Waals surface area contributed by atoms with E-state index in [4.69, 9.17) is 27.9 Å². The molecule has 0 saturated heterocycles. The van der Waals surface area contributed by atoms with Gasteiger partial charge in [0.05, 0.1) is 17.2 Å². The third kappa shape index (κ3) is 3.19. The van der Waals surface area contributed by atoms with Crippen LogP contribution in [0.25, 0.3) is 0 Å². The number of benzene rings is 1. The molecule has 1 aromatic carbocycles. The summed E-state index contributed by atoms with van der Waals surface area (Å²) in [6.45, 7) is 0.388. The predicted octanol–water partition coefficient (Wildman–Crippen LogP) is 2.44. The van der Waals surface area contributed by atoms with Gasteiger partial charge in [-0.1, -0.05) is 11.6 Å². The first kappa shape index (κ1) is 11.4. The highest BCUT2D eigenvalue weighted by Gasteiger charge is 2.08. The summed E-state index contributed by atoms with van der Waals surface area (Å²) < 4.78 is 5.24. The van der Waals surface area contributed by atoms with Gasteiger partial charge in [0.1, 0.15) is 5.75 Å². The summed E-state index contributed by atoms with van der Waals surface area (Å²) in [5.41, 5.74) is 0.0565. The van der Waals surface area contributed by atoms with E-state index in [0.29, 0.717) is 18.8 Å². The number of halogens is 1. The number of aromatic carboxylic acids is 1. The van der Waals surface area contributed by atoms with Crippen molar-refractivity contribution in [3.05, 3.63) is 28.8 Å². The monoisotopic (exact) mass is 224 g/mol. The van der Waals surface area contributed by atoms with E-state index in [1.165, 1.54) is 12.1 Å². The number of carboxylic acid groups (broad SMARTS) is 1. The number of rotatable bonds is 4. The summed E-state index contributed by atoms with van der Waals surface area (Å²) >= 11 is 5.74. The molecular weight excluding hydrogens is 216 g/mol. The van der Waals surface area contributed by atoms with Gasteiger partial charge in [-0.15, -0.1) is 12.3 Å². The van der Waals surface area contributed by atoms with Crippen LogP contribution in [0, 0.1) is 12.3 Å². The standard InChI is InChI=1S/C11H9ClO3/c1-2-3-6-15-8-4-5-9(11(13)14)10(12)7-8/h1,4-5,7H,3,6H2,(H,13,14). The Balaban J connectivity index is 2.74. The summed E-state index contributed by atoms with van der Waals surface area (Å²) in [4.78, 5) is 10.6. The summed E-state index contributed by atoms with van der Waals surface area (Å²) in [6.07, 6.45) is 5.55. The van der Waals surface area contributed by atoms with E-state index in [2.05, 4.69) is 5.92 Å². The maximum atomic E-state index is 10.6.